The first-order chi connectivity index (χ1) is 14.6. The fraction of sp³-hybridized carbons (Fsp3) is 0.786. The molecule has 0 aliphatic heterocycles. The van der Waals surface area contributed by atoms with Crippen molar-refractivity contribution in [2.75, 3.05) is 19.7 Å². The maximum atomic E-state index is 6.03. The molecule has 0 atom stereocenters. The van der Waals surface area contributed by atoms with Crippen LogP contribution >= 0.6 is 0 Å². The minimum absolute atomic E-state index is 0.123. The molecule has 2 heteroatoms. The summed E-state index contributed by atoms with van der Waals surface area (Å²) in [5.41, 5.74) is 1.41. The molecule has 2 nitrogen and oxygen atoms in total. The van der Waals surface area contributed by atoms with Crippen molar-refractivity contribution in [2.24, 2.45) is 0 Å². The summed E-state index contributed by atoms with van der Waals surface area (Å²) < 4.78 is 6.03. The number of nitrogens with one attached hydrogen (secondary N) is 1. The van der Waals surface area contributed by atoms with Gasteiger partial charge in [-0.15, -0.1) is 0 Å². The van der Waals surface area contributed by atoms with Crippen LogP contribution in [0.2, 0.25) is 0 Å². The molecule has 0 aliphatic carbocycles. The summed E-state index contributed by atoms with van der Waals surface area (Å²) in [5.74, 6) is 1.03. The van der Waals surface area contributed by atoms with Crippen molar-refractivity contribution < 1.29 is 4.74 Å². The van der Waals surface area contributed by atoms with Crippen LogP contribution in [0.3, 0.4) is 0 Å². The lowest BCUT2D eigenvalue weighted by molar-refractivity contribution is 0.305. The monoisotopic (exact) mass is 417 g/mol. The SMILES string of the molecule is CCCCCCCCCCCCCCCCNCCOc1ccccc1C(C)(C)C. The Kier molecular flexibility index (Phi) is 15.9. The van der Waals surface area contributed by atoms with Gasteiger partial charge >= 0.3 is 0 Å². The van der Waals surface area contributed by atoms with Gasteiger partial charge in [-0.25, -0.2) is 0 Å². The zero-order chi connectivity index (χ0) is 21.9. The first-order valence-corrected chi connectivity index (χ1v) is 13.0. The third-order valence-corrected chi connectivity index (χ3v) is 5.94. The summed E-state index contributed by atoms with van der Waals surface area (Å²) in [7, 11) is 0. The quantitative estimate of drug-likeness (QED) is 0.228. The molecule has 0 saturated heterocycles. The molecule has 1 aromatic carbocycles. The van der Waals surface area contributed by atoms with Gasteiger partial charge in [0.25, 0.3) is 0 Å². The molecule has 0 aromatic heterocycles. The molecule has 0 amide bonds. The Morgan fingerprint density at radius 2 is 1.17 bits per heavy atom. The normalized spacial score (nSPS) is 11.7. The summed E-state index contributed by atoms with van der Waals surface area (Å²) in [6.07, 6.45) is 19.9. The second-order valence-corrected chi connectivity index (χ2v) is 9.94. The highest BCUT2D eigenvalue weighted by Crippen LogP contribution is 2.30. The topological polar surface area (TPSA) is 21.3 Å². The van der Waals surface area contributed by atoms with E-state index in [2.05, 4.69) is 57.3 Å². The summed E-state index contributed by atoms with van der Waals surface area (Å²) in [4.78, 5) is 0. The molecule has 0 aliphatic rings. The Bertz CT molecular complexity index is 506. The van der Waals surface area contributed by atoms with E-state index >= 15 is 0 Å². The number of hydrogen-bond donors (Lipinski definition) is 1. The maximum Gasteiger partial charge on any atom is 0.123 e. The van der Waals surface area contributed by atoms with E-state index in [1.54, 1.807) is 0 Å². The smallest absolute Gasteiger partial charge is 0.123 e. The molecular weight excluding hydrogens is 366 g/mol. The summed E-state index contributed by atoms with van der Waals surface area (Å²) in [6, 6.07) is 8.43. The van der Waals surface area contributed by atoms with Crippen LogP contribution in [0, 0.1) is 0 Å². The third-order valence-electron chi connectivity index (χ3n) is 5.94. The molecule has 1 N–H and O–H groups in total. The number of benzene rings is 1. The highest BCUT2D eigenvalue weighted by Gasteiger charge is 2.18. The molecule has 174 valence electrons. The first kappa shape index (κ1) is 27.0. The lowest BCUT2D eigenvalue weighted by Crippen LogP contribution is -2.23. The predicted octanol–water partition coefficient (Wildman–Crippen LogP) is 8.43. The molecule has 0 spiro atoms. The summed E-state index contributed by atoms with van der Waals surface area (Å²) in [5, 5.41) is 3.53. The predicted molar refractivity (Wildman–Crippen MR) is 134 cm³/mol. The summed E-state index contributed by atoms with van der Waals surface area (Å²) >= 11 is 0. The lowest BCUT2D eigenvalue weighted by Gasteiger charge is -2.22. The summed E-state index contributed by atoms with van der Waals surface area (Å²) in [6.45, 7) is 11.8. The molecular formula is C28H51NO. The average molecular weight is 418 g/mol. The number of rotatable bonds is 19. The van der Waals surface area contributed by atoms with Crippen LogP contribution in [-0.4, -0.2) is 19.7 Å². The Balaban J connectivity index is 1.86. The van der Waals surface area contributed by atoms with Crippen molar-refractivity contribution >= 4 is 0 Å². The van der Waals surface area contributed by atoms with Gasteiger partial charge in [-0.3, -0.25) is 0 Å². The molecule has 1 rings (SSSR count). The zero-order valence-corrected chi connectivity index (χ0v) is 20.7. The number of ether oxygens (including phenoxy) is 1. The van der Waals surface area contributed by atoms with Gasteiger partial charge in [0.1, 0.15) is 12.4 Å². The molecule has 0 heterocycles. The van der Waals surface area contributed by atoms with Crippen LogP contribution in [0.25, 0.3) is 0 Å². The maximum absolute atomic E-state index is 6.03. The Morgan fingerprint density at radius 1 is 0.667 bits per heavy atom. The van der Waals surface area contributed by atoms with E-state index in [0.717, 1.165) is 25.4 Å². The van der Waals surface area contributed by atoms with Crippen LogP contribution in [0.15, 0.2) is 24.3 Å². The van der Waals surface area contributed by atoms with Crippen LogP contribution < -0.4 is 10.1 Å². The highest BCUT2D eigenvalue weighted by atomic mass is 16.5. The van der Waals surface area contributed by atoms with Crippen LogP contribution in [-0.2, 0) is 5.41 Å². The Morgan fingerprint density at radius 3 is 1.70 bits per heavy atom. The number of hydrogen-bond acceptors (Lipinski definition) is 2. The van der Waals surface area contributed by atoms with Crippen molar-refractivity contribution in [2.45, 2.75) is 123 Å². The van der Waals surface area contributed by atoms with Crippen LogP contribution in [0.4, 0.5) is 0 Å². The first-order valence-electron chi connectivity index (χ1n) is 13.0. The van der Waals surface area contributed by atoms with Gasteiger partial charge in [0.2, 0.25) is 0 Å². The van der Waals surface area contributed by atoms with Crippen molar-refractivity contribution in [1.82, 2.24) is 5.32 Å². The molecule has 0 radical (unpaired) electrons. The molecule has 0 unspecified atom stereocenters. The van der Waals surface area contributed by atoms with E-state index in [1.807, 2.05) is 0 Å². The van der Waals surface area contributed by atoms with E-state index in [0.29, 0.717) is 0 Å². The second-order valence-electron chi connectivity index (χ2n) is 9.94. The minimum atomic E-state index is 0.123. The van der Waals surface area contributed by atoms with Crippen molar-refractivity contribution in [3.8, 4) is 5.75 Å². The standard InChI is InChI=1S/C28H51NO/c1-5-6-7-8-9-10-11-12-13-14-15-16-17-20-23-29-24-25-30-27-22-19-18-21-26(27)28(2,3)4/h18-19,21-22,29H,5-17,20,23-25H2,1-4H3. The third kappa shape index (κ3) is 14.1. The zero-order valence-electron chi connectivity index (χ0n) is 20.7. The van der Waals surface area contributed by atoms with Gasteiger partial charge in [0.05, 0.1) is 0 Å². The molecule has 1 aromatic rings. The second kappa shape index (κ2) is 17.6. The van der Waals surface area contributed by atoms with Crippen LogP contribution in [0.1, 0.15) is 123 Å². The van der Waals surface area contributed by atoms with Gasteiger partial charge in [0, 0.05) is 6.54 Å². The van der Waals surface area contributed by atoms with E-state index in [9.17, 15) is 0 Å². The number of unbranched alkanes of at least 4 members (excludes halogenated alkanes) is 13. The molecule has 0 saturated carbocycles. The van der Waals surface area contributed by atoms with E-state index in [-0.39, 0.29) is 5.41 Å². The van der Waals surface area contributed by atoms with Gasteiger partial charge in [-0.05, 0) is 30.0 Å². The van der Waals surface area contributed by atoms with Gasteiger partial charge in [-0.1, -0.05) is 129 Å². The average Bonchev–Trinajstić information content (AvgIpc) is 2.72. The van der Waals surface area contributed by atoms with E-state index < -0.39 is 0 Å². The molecule has 30 heavy (non-hydrogen) atoms. The highest BCUT2D eigenvalue weighted by molar-refractivity contribution is 5.38. The fourth-order valence-electron chi connectivity index (χ4n) is 4.01. The Hall–Kier alpha value is -1.02. The van der Waals surface area contributed by atoms with Gasteiger partial charge in [0.15, 0.2) is 0 Å². The van der Waals surface area contributed by atoms with Gasteiger partial charge in [-0.2, -0.15) is 0 Å². The lowest BCUT2D eigenvalue weighted by atomic mass is 9.86. The van der Waals surface area contributed by atoms with Crippen molar-refractivity contribution in [3.63, 3.8) is 0 Å². The van der Waals surface area contributed by atoms with Gasteiger partial charge < -0.3 is 10.1 Å². The van der Waals surface area contributed by atoms with Crippen molar-refractivity contribution in [1.29, 1.82) is 0 Å². The molecule has 0 fully saturated rings. The van der Waals surface area contributed by atoms with Crippen LogP contribution in [0.5, 0.6) is 5.75 Å². The van der Waals surface area contributed by atoms with E-state index in [4.69, 9.17) is 4.74 Å². The molecule has 0 bridgehead atoms. The van der Waals surface area contributed by atoms with Crippen molar-refractivity contribution in [3.05, 3.63) is 29.8 Å². The van der Waals surface area contributed by atoms with E-state index in [1.165, 1.54) is 95.5 Å². The fourth-order valence-corrected chi connectivity index (χ4v) is 4.01. The minimum Gasteiger partial charge on any atom is -0.492 e. The number of para-hydroxylation sites is 1. The largest absolute Gasteiger partial charge is 0.492 e. The Labute approximate surface area is 188 Å².